The maximum absolute atomic E-state index is 12.1. The number of ether oxygens (including phenoxy) is 2. The van der Waals surface area contributed by atoms with Crippen LogP contribution >= 0.6 is 0 Å². The third-order valence-corrected chi connectivity index (χ3v) is 3.46. The van der Waals surface area contributed by atoms with Crippen LogP contribution in [-0.2, 0) is 9.53 Å². The summed E-state index contributed by atoms with van der Waals surface area (Å²) < 4.78 is 10.2. The van der Waals surface area contributed by atoms with Crippen LogP contribution in [0.25, 0.3) is 0 Å². The number of nitrogen functional groups attached to an aromatic ring is 1. The molecule has 0 unspecified atom stereocenters. The Morgan fingerprint density at radius 1 is 1.38 bits per heavy atom. The number of nitrogens with two attached hydrogens (primary N) is 1. The Kier molecular flexibility index (Phi) is 4.67. The lowest BCUT2D eigenvalue weighted by Crippen LogP contribution is -2.36. The number of likely N-dealkylation sites (N-methyl/N-ethyl adjacent to an activating group) is 1. The zero-order chi connectivity index (χ0) is 15.4. The molecule has 0 spiro atoms. The topological polar surface area (TPSA) is 81.9 Å². The van der Waals surface area contributed by atoms with E-state index in [9.17, 15) is 9.59 Å². The number of anilines is 1. The van der Waals surface area contributed by atoms with Crippen molar-refractivity contribution in [3.63, 3.8) is 0 Å². The fourth-order valence-corrected chi connectivity index (χ4v) is 2.24. The van der Waals surface area contributed by atoms with Crippen molar-refractivity contribution >= 4 is 17.6 Å². The number of benzene rings is 1. The Morgan fingerprint density at radius 2 is 2.10 bits per heavy atom. The van der Waals surface area contributed by atoms with E-state index in [2.05, 4.69) is 0 Å². The van der Waals surface area contributed by atoms with Gasteiger partial charge in [0.15, 0.2) is 6.61 Å². The number of carbonyl (C=O) groups is 2. The Balaban J connectivity index is 2.00. The van der Waals surface area contributed by atoms with E-state index < -0.39 is 5.97 Å². The van der Waals surface area contributed by atoms with Crippen molar-refractivity contribution in [1.82, 2.24) is 4.90 Å². The van der Waals surface area contributed by atoms with Gasteiger partial charge >= 0.3 is 5.97 Å². The lowest BCUT2D eigenvalue weighted by atomic mass is 10.1. The summed E-state index contributed by atoms with van der Waals surface area (Å²) in [4.78, 5) is 25.8. The Labute approximate surface area is 123 Å². The molecule has 1 aliphatic carbocycles. The molecule has 0 radical (unpaired) electrons. The zero-order valence-corrected chi connectivity index (χ0v) is 12.3. The van der Waals surface area contributed by atoms with Crippen LogP contribution in [0.2, 0.25) is 0 Å². The van der Waals surface area contributed by atoms with Crippen LogP contribution in [0.1, 0.15) is 30.1 Å². The molecule has 0 bridgehead atoms. The molecule has 114 valence electrons. The first-order valence-electron chi connectivity index (χ1n) is 6.97. The summed E-state index contributed by atoms with van der Waals surface area (Å²) in [5, 5.41) is 0. The summed E-state index contributed by atoms with van der Waals surface area (Å²) in [6.07, 6.45) is 2.04. The summed E-state index contributed by atoms with van der Waals surface area (Å²) in [7, 11) is 1.45. The van der Waals surface area contributed by atoms with Crippen LogP contribution < -0.4 is 10.5 Å². The highest BCUT2D eigenvalue weighted by atomic mass is 16.5. The smallest absolute Gasteiger partial charge is 0.344 e. The van der Waals surface area contributed by atoms with E-state index in [0.29, 0.717) is 18.3 Å². The van der Waals surface area contributed by atoms with Gasteiger partial charge in [-0.1, -0.05) is 6.07 Å². The fraction of sp³-hybridized carbons (Fsp3) is 0.467. The standard InChI is InChI=1S/C15H20N2O4/c1-3-17(10-7-8-10)13(18)9-21-15(19)14-11(16)5-4-6-12(14)20-2/h4-6,10H,3,7-9,16H2,1-2H3. The lowest BCUT2D eigenvalue weighted by Gasteiger charge is -2.20. The molecule has 1 saturated carbocycles. The Morgan fingerprint density at radius 3 is 2.67 bits per heavy atom. The number of hydrogen-bond acceptors (Lipinski definition) is 5. The molecular weight excluding hydrogens is 272 g/mol. The minimum Gasteiger partial charge on any atom is -0.496 e. The van der Waals surface area contributed by atoms with Crippen molar-refractivity contribution in [2.24, 2.45) is 0 Å². The number of carbonyl (C=O) groups excluding carboxylic acids is 2. The lowest BCUT2D eigenvalue weighted by molar-refractivity contribution is -0.134. The second-order valence-electron chi connectivity index (χ2n) is 4.91. The highest BCUT2D eigenvalue weighted by Gasteiger charge is 2.31. The van der Waals surface area contributed by atoms with Crippen LogP contribution in [0.15, 0.2) is 18.2 Å². The van der Waals surface area contributed by atoms with Gasteiger partial charge in [-0.3, -0.25) is 4.79 Å². The summed E-state index contributed by atoms with van der Waals surface area (Å²) in [6.45, 7) is 2.26. The van der Waals surface area contributed by atoms with E-state index in [1.165, 1.54) is 7.11 Å². The second-order valence-corrected chi connectivity index (χ2v) is 4.91. The average Bonchev–Trinajstić information content (AvgIpc) is 3.30. The molecule has 6 nitrogen and oxygen atoms in total. The maximum atomic E-state index is 12.1. The van der Waals surface area contributed by atoms with E-state index in [1.54, 1.807) is 23.1 Å². The fourth-order valence-electron chi connectivity index (χ4n) is 2.24. The van der Waals surface area contributed by atoms with Crippen LogP contribution in [0.4, 0.5) is 5.69 Å². The van der Waals surface area contributed by atoms with Gasteiger partial charge in [0, 0.05) is 18.3 Å². The molecule has 1 aliphatic rings. The Hall–Kier alpha value is -2.24. The van der Waals surface area contributed by atoms with Gasteiger partial charge in [-0.2, -0.15) is 0 Å². The zero-order valence-electron chi connectivity index (χ0n) is 12.3. The molecule has 0 aliphatic heterocycles. The molecule has 2 N–H and O–H groups in total. The number of nitrogens with zero attached hydrogens (tertiary/aromatic N) is 1. The molecule has 0 heterocycles. The molecule has 1 aromatic rings. The summed E-state index contributed by atoms with van der Waals surface area (Å²) in [5.41, 5.74) is 6.19. The molecule has 0 saturated heterocycles. The van der Waals surface area contributed by atoms with Crippen molar-refractivity contribution in [3.8, 4) is 5.75 Å². The van der Waals surface area contributed by atoms with E-state index in [-0.39, 0.29) is 23.8 Å². The van der Waals surface area contributed by atoms with E-state index in [0.717, 1.165) is 12.8 Å². The molecule has 2 rings (SSSR count). The highest BCUT2D eigenvalue weighted by molar-refractivity contribution is 5.99. The molecule has 1 aromatic carbocycles. The first kappa shape index (κ1) is 15.2. The quantitative estimate of drug-likeness (QED) is 0.634. The molecule has 21 heavy (non-hydrogen) atoms. The molecule has 1 amide bonds. The summed E-state index contributed by atoms with van der Waals surface area (Å²) >= 11 is 0. The van der Waals surface area contributed by atoms with E-state index >= 15 is 0 Å². The molecule has 6 heteroatoms. The van der Waals surface area contributed by atoms with Gasteiger partial charge < -0.3 is 20.1 Å². The summed E-state index contributed by atoms with van der Waals surface area (Å²) in [6, 6.07) is 5.19. The number of esters is 1. The normalized spacial score (nSPS) is 13.6. The van der Waals surface area contributed by atoms with Crippen molar-refractivity contribution in [1.29, 1.82) is 0 Å². The largest absolute Gasteiger partial charge is 0.496 e. The van der Waals surface area contributed by atoms with Crippen LogP contribution in [-0.4, -0.2) is 43.1 Å². The molecule has 0 atom stereocenters. The van der Waals surface area contributed by atoms with Crippen LogP contribution in [0.3, 0.4) is 0 Å². The number of rotatable bonds is 6. The number of methoxy groups -OCH3 is 1. The van der Waals surface area contributed by atoms with E-state index in [1.807, 2.05) is 6.92 Å². The van der Waals surface area contributed by atoms with Crippen molar-refractivity contribution in [2.45, 2.75) is 25.8 Å². The van der Waals surface area contributed by atoms with Gasteiger partial charge in [-0.05, 0) is 31.9 Å². The summed E-state index contributed by atoms with van der Waals surface area (Å²) in [5.74, 6) is -0.492. The minimum atomic E-state index is -0.648. The SMILES string of the molecule is CCN(C(=O)COC(=O)c1c(N)cccc1OC)C1CC1. The molecular formula is C15H20N2O4. The molecule has 0 aromatic heterocycles. The maximum Gasteiger partial charge on any atom is 0.344 e. The average molecular weight is 292 g/mol. The van der Waals surface area contributed by atoms with E-state index in [4.69, 9.17) is 15.2 Å². The van der Waals surface area contributed by atoms with Gasteiger partial charge in [0.25, 0.3) is 5.91 Å². The molecule has 1 fully saturated rings. The van der Waals surface area contributed by atoms with Gasteiger partial charge in [0.05, 0.1) is 7.11 Å². The van der Waals surface area contributed by atoms with Gasteiger partial charge in [0.2, 0.25) is 0 Å². The highest BCUT2D eigenvalue weighted by Crippen LogP contribution is 2.27. The van der Waals surface area contributed by atoms with Gasteiger partial charge in [0.1, 0.15) is 11.3 Å². The van der Waals surface area contributed by atoms with Gasteiger partial charge in [-0.25, -0.2) is 4.79 Å². The Bertz CT molecular complexity index is 540. The van der Waals surface area contributed by atoms with Crippen molar-refractivity contribution < 1.29 is 19.1 Å². The second kappa shape index (κ2) is 6.47. The van der Waals surface area contributed by atoms with Crippen molar-refractivity contribution in [2.75, 3.05) is 26.0 Å². The minimum absolute atomic E-state index is 0.155. The van der Waals surface area contributed by atoms with Crippen molar-refractivity contribution in [3.05, 3.63) is 23.8 Å². The van der Waals surface area contributed by atoms with Crippen LogP contribution in [0, 0.1) is 0 Å². The third kappa shape index (κ3) is 3.45. The number of hydrogen-bond donors (Lipinski definition) is 1. The predicted octanol–water partition coefficient (Wildman–Crippen LogP) is 1.45. The monoisotopic (exact) mass is 292 g/mol. The number of amides is 1. The first-order valence-corrected chi connectivity index (χ1v) is 6.97. The van der Waals surface area contributed by atoms with Crippen LogP contribution in [0.5, 0.6) is 5.75 Å². The third-order valence-electron chi connectivity index (χ3n) is 3.46. The predicted molar refractivity (Wildman–Crippen MR) is 78.1 cm³/mol. The first-order chi connectivity index (χ1) is 10.1. The van der Waals surface area contributed by atoms with Gasteiger partial charge in [-0.15, -0.1) is 0 Å².